The minimum Gasteiger partial charge on any atom is -0.389 e. The van der Waals surface area contributed by atoms with Gasteiger partial charge in [-0.25, -0.2) is 13.9 Å². The lowest BCUT2D eigenvalue weighted by Crippen LogP contribution is -2.30. The number of thioether (sulfide) groups is 1. The van der Waals surface area contributed by atoms with Crippen molar-refractivity contribution in [2.45, 2.75) is 18.7 Å². The first-order valence-corrected chi connectivity index (χ1v) is 13.4. The molecular weight excluding hydrogens is 532 g/mol. The van der Waals surface area contributed by atoms with Crippen molar-refractivity contribution < 1.29 is 13.9 Å². The fraction of sp³-hybridized carbons (Fsp3) is 0.143. The minimum absolute atomic E-state index is 0.205. The summed E-state index contributed by atoms with van der Waals surface area (Å²) in [4.78, 5) is 12.9. The molecule has 0 bridgehead atoms. The Morgan fingerprint density at radius 3 is 2.59 bits per heavy atom. The SMILES string of the molecule is C[C@H](NC(=O)Oc1nn(-c2ccc(Cl)cc2Cl)c2c1CSC/C2=C\c1ccc(F)cc1)c1ccccc1. The molecule has 0 aliphatic carbocycles. The number of amides is 1. The van der Waals surface area contributed by atoms with Crippen molar-refractivity contribution in [3.63, 3.8) is 0 Å². The number of fused-ring (bicyclic) bond motifs is 1. The summed E-state index contributed by atoms with van der Waals surface area (Å²) >= 11 is 14.4. The third-order valence-electron chi connectivity index (χ3n) is 5.93. The van der Waals surface area contributed by atoms with Crippen LogP contribution in [0.5, 0.6) is 5.88 Å². The molecule has 0 unspecified atom stereocenters. The Labute approximate surface area is 228 Å². The molecule has 5 rings (SSSR count). The molecule has 4 aromatic rings. The summed E-state index contributed by atoms with van der Waals surface area (Å²) < 4.78 is 20.9. The van der Waals surface area contributed by atoms with E-state index in [1.165, 1.54) is 12.1 Å². The van der Waals surface area contributed by atoms with Crippen molar-refractivity contribution >= 4 is 52.7 Å². The molecule has 1 N–H and O–H groups in total. The van der Waals surface area contributed by atoms with Crippen molar-refractivity contribution in [3.8, 4) is 11.6 Å². The summed E-state index contributed by atoms with van der Waals surface area (Å²) in [7, 11) is 0. The van der Waals surface area contributed by atoms with Crippen LogP contribution in [0, 0.1) is 5.82 Å². The van der Waals surface area contributed by atoms with E-state index in [1.807, 2.05) is 43.3 Å². The van der Waals surface area contributed by atoms with Crippen LogP contribution in [-0.4, -0.2) is 21.6 Å². The van der Waals surface area contributed by atoms with E-state index in [2.05, 4.69) is 10.4 Å². The Bertz CT molecular complexity index is 1470. The predicted octanol–water partition coefficient (Wildman–Crippen LogP) is 7.96. The van der Waals surface area contributed by atoms with Gasteiger partial charge in [0.15, 0.2) is 0 Å². The van der Waals surface area contributed by atoms with Crippen molar-refractivity contribution in [1.82, 2.24) is 15.1 Å². The van der Waals surface area contributed by atoms with Gasteiger partial charge in [0, 0.05) is 16.5 Å². The standard InChI is InChI=1S/C28H22Cl2FN3O2S/c1-17(19-5-3-2-4-6-19)32-28(35)36-27-23-16-37-15-20(13-18-7-10-22(31)11-8-18)26(23)34(33-27)25-12-9-21(29)14-24(25)30/h2-14,17H,15-16H2,1H3,(H,32,35)/b20-13+/t17-/m0/s1. The van der Waals surface area contributed by atoms with Crippen LogP contribution in [0.3, 0.4) is 0 Å². The van der Waals surface area contributed by atoms with Gasteiger partial charge in [-0.05, 0) is 60.0 Å². The maximum absolute atomic E-state index is 13.5. The maximum atomic E-state index is 13.5. The number of benzene rings is 3. The first kappa shape index (κ1) is 25.4. The zero-order chi connectivity index (χ0) is 25.9. The average molecular weight is 554 g/mol. The molecule has 1 aliphatic rings. The lowest BCUT2D eigenvalue weighted by molar-refractivity contribution is 0.194. The van der Waals surface area contributed by atoms with Crippen LogP contribution in [0.15, 0.2) is 72.8 Å². The second-order valence-corrected chi connectivity index (χ2v) is 10.3. The highest BCUT2D eigenvalue weighted by Gasteiger charge is 2.29. The Morgan fingerprint density at radius 1 is 1.11 bits per heavy atom. The number of ether oxygens (including phenoxy) is 1. The number of nitrogens with zero attached hydrogens (tertiary/aromatic N) is 2. The molecule has 1 aromatic heterocycles. The normalized spacial score (nSPS) is 14.8. The second kappa shape index (κ2) is 11.0. The minimum atomic E-state index is -0.606. The third-order valence-corrected chi connectivity index (χ3v) is 7.47. The van der Waals surface area contributed by atoms with Crippen LogP contribution >= 0.6 is 35.0 Å². The van der Waals surface area contributed by atoms with E-state index in [9.17, 15) is 9.18 Å². The van der Waals surface area contributed by atoms with E-state index in [4.69, 9.17) is 27.9 Å². The lowest BCUT2D eigenvalue weighted by Gasteiger charge is -2.18. The van der Waals surface area contributed by atoms with Crippen LogP contribution in [0.2, 0.25) is 10.0 Å². The molecule has 9 heteroatoms. The molecular formula is C28H22Cl2FN3O2S. The Kier molecular flexibility index (Phi) is 7.55. The molecule has 0 spiro atoms. The molecule has 0 saturated carbocycles. The molecule has 0 saturated heterocycles. The van der Waals surface area contributed by atoms with Crippen molar-refractivity contribution in [2.75, 3.05) is 5.75 Å². The number of halogens is 3. The number of aromatic nitrogens is 2. The van der Waals surface area contributed by atoms with Crippen molar-refractivity contribution in [3.05, 3.63) is 111 Å². The topological polar surface area (TPSA) is 56.1 Å². The number of rotatable bonds is 5. The average Bonchev–Trinajstić information content (AvgIpc) is 3.24. The van der Waals surface area contributed by atoms with Crippen LogP contribution in [0.4, 0.5) is 9.18 Å². The third kappa shape index (κ3) is 5.69. The van der Waals surface area contributed by atoms with Gasteiger partial charge in [-0.1, -0.05) is 65.7 Å². The van der Waals surface area contributed by atoms with Crippen LogP contribution in [-0.2, 0) is 5.75 Å². The monoisotopic (exact) mass is 553 g/mol. The zero-order valence-electron chi connectivity index (χ0n) is 19.8. The van der Waals surface area contributed by atoms with Gasteiger partial charge in [-0.2, -0.15) is 11.8 Å². The van der Waals surface area contributed by atoms with Gasteiger partial charge in [-0.3, -0.25) is 0 Å². The summed E-state index contributed by atoms with van der Waals surface area (Å²) in [5.74, 6) is 1.19. The van der Waals surface area contributed by atoms with E-state index in [-0.39, 0.29) is 17.7 Å². The lowest BCUT2D eigenvalue weighted by atomic mass is 10.1. The summed E-state index contributed by atoms with van der Waals surface area (Å²) in [5, 5.41) is 8.44. The van der Waals surface area contributed by atoms with Gasteiger partial charge >= 0.3 is 6.09 Å². The molecule has 3 aromatic carbocycles. The van der Waals surface area contributed by atoms with Crippen LogP contribution in [0.25, 0.3) is 17.3 Å². The summed E-state index contributed by atoms with van der Waals surface area (Å²) in [6.07, 6.45) is 1.37. The van der Waals surface area contributed by atoms with Crippen molar-refractivity contribution in [2.24, 2.45) is 0 Å². The molecule has 0 radical (unpaired) electrons. The summed E-state index contributed by atoms with van der Waals surface area (Å²) in [6.45, 7) is 1.89. The highest BCUT2D eigenvalue weighted by molar-refractivity contribution is 7.99. The smallest absolute Gasteiger partial charge is 0.389 e. The first-order chi connectivity index (χ1) is 17.9. The maximum Gasteiger partial charge on any atom is 0.414 e. The van der Waals surface area contributed by atoms with Gasteiger partial charge in [0.05, 0.1) is 28.0 Å². The number of hydrogen-bond acceptors (Lipinski definition) is 4. The van der Waals surface area contributed by atoms with E-state index in [0.29, 0.717) is 27.2 Å². The molecule has 1 aliphatic heterocycles. The number of hydrogen-bond donors (Lipinski definition) is 1. The first-order valence-electron chi connectivity index (χ1n) is 11.5. The quantitative estimate of drug-likeness (QED) is 0.272. The summed E-state index contributed by atoms with van der Waals surface area (Å²) in [5.41, 5.74) is 4.91. The zero-order valence-corrected chi connectivity index (χ0v) is 22.1. The molecule has 0 fully saturated rings. The fourth-order valence-electron chi connectivity index (χ4n) is 4.12. The van der Waals surface area contributed by atoms with E-state index in [1.54, 1.807) is 46.8 Å². The second-order valence-electron chi connectivity index (χ2n) is 8.52. The van der Waals surface area contributed by atoms with Gasteiger partial charge in [-0.15, -0.1) is 5.10 Å². The van der Waals surface area contributed by atoms with Crippen LogP contribution in [0.1, 0.15) is 35.3 Å². The Hall–Kier alpha value is -3.26. The van der Waals surface area contributed by atoms with E-state index < -0.39 is 6.09 Å². The molecule has 188 valence electrons. The van der Waals surface area contributed by atoms with E-state index in [0.717, 1.165) is 28.0 Å². The fourth-order valence-corrected chi connectivity index (χ4v) is 5.62. The highest BCUT2D eigenvalue weighted by atomic mass is 35.5. The van der Waals surface area contributed by atoms with Gasteiger partial charge in [0.1, 0.15) is 5.82 Å². The number of carbonyl (C=O) groups excluding carboxylic acids is 1. The predicted molar refractivity (Wildman–Crippen MR) is 148 cm³/mol. The Morgan fingerprint density at radius 2 is 1.86 bits per heavy atom. The number of carbonyl (C=O) groups is 1. The largest absolute Gasteiger partial charge is 0.414 e. The highest BCUT2D eigenvalue weighted by Crippen LogP contribution is 2.41. The van der Waals surface area contributed by atoms with Gasteiger partial charge < -0.3 is 10.1 Å². The van der Waals surface area contributed by atoms with Crippen molar-refractivity contribution in [1.29, 1.82) is 0 Å². The van der Waals surface area contributed by atoms with E-state index >= 15 is 0 Å². The van der Waals surface area contributed by atoms with Crippen LogP contribution < -0.4 is 10.1 Å². The molecule has 2 heterocycles. The molecule has 1 amide bonds. The molecule has 37 heavy (non-hydrogen) atoms. The summed E-state index contributed by atoms with van der Waals surface area (Å²) in [6, 6.07) is 20.8. The molecule has 5 nitrogen and oxygen atoms in total. The Balaban J connectivity index is 1.54. The van der Waals surface area contributed by atoms with Gasteiger partial charge in [0.25, 0.3) is 0 Å². The number of nitrogens with one attached hydrogen (secondary N) is 1. The molecule has 1 atom stereocenters. The van der Waals surface area contributed by atoms with Gasteiger partial charge in [0.2, 0.25) is 5.88 Å².